The number of amides is 2. The lowest BCUT2D eigenvalue weighted by atomic mass is 10.1. The summed E-state index contributed by atoms with van der Waals surface area (Å²) in [6, 6.07) is 6.37. The molecule has 0 aliphatic carbocycles. The number of rotatable bonds is 6. The van der Waals surface area contributed by atoms with Crippen LogP contribution in [0.4, 0.5) is 9.93 Å². The number of carbonyl (C=O) groups excluding carboxylic acids is 2. The fourth-order valence-corrected chi connectivity index (χ4v) is 5.14. The topological polar surface area (TPSA) is 106 Å². The maximum atomic E-state index is 12.4. The van der Waals surface area contributed by atoms with Gasteiger partial charge in [-0.3, -0.25) is 4.79 Å². The molecule has 0 unspecified atom stereocenters. The summed E-state index contributed by atoms with van der Waals surface area (Å²) >= 11 is 1.35. The summed E-state index contributed by atoms with van der Waals surface area (Å²) in [6.07, 6.45) is 0.387. The Morgan fingerprint density at radius 1 is 1.27 bits per heavy atom. The second-order valence-corrected chi connectivity index (χ2v) is 10.8. The van der Waals surface area contributed by atoms with Crippen LogP contribution >= 0.6 is 11.3 Å². The van der Waals surface area contributed by atoms with Gasteiger partial charge in [-0.25, -0.2) is 18.2 Å². The van der Waals surface area contributed by atoms with Crippen molar-refractivity contribution in [1.82, 2.24) is 9.88 Å². The number of nitrogens with one attached hydrogen (secondary N) is 1. The fourth-order valence-electron chi connectivity index (χ4n) is 3.04. The van der Waals surface area contributed by atoms with Crippen molar-refractivity contribution >= 4 is 38.3 Å². The molecule has 0 fully saturated rings. The summed E-state index contributed by atoms with van der Waals surface area (Å²) in [5, 5.41) is 2.79. The van der Waals surface area contributed by atoms with Gasteiger partial charge in [-0.1, -0.05) is 23.5 Å². The predicted octanol–water partition coefficient (Wildman–Crippen LogP) is 3.02. The molecule has 1 aliphatic rings. The number of fused-ring (bicyclic) bond motifs is 1. The van der Waals surface area contributed by atoms with Crippen LogP contribution in [0, 0.1) is 0 Å². The summed E-state index contributed by atoms with van der Waals surface area (Å²) in [5.74, 6) is -0.234. The van der Waals surface area contributed by atoms with E-state index >= 15 is 0 Å². The molecule has 0 spiro atoms. The van der Waals surface area contributed by atoms with Gasteiger partial charge in [0.2, 0.25) is 5.91 Å². The van der Waals surface area contributed by atoms with Crippen LogP contribution < -0.4 is 5.32 Å². The Bertz CT molecular complexity index is 1030. The van der Waals surface area contributed by atoms with Crippen molar-refractivity contribution in [3.8, 4) is 0 Å². The molecule has 0 saturated heterocycles. The molecule has 162 valence electrons. The van der Waals surface area contributed by atoms with Crippen molar-refractivity contribution in [3.05, 3.63) is 40.4 Å². The van der Waals surface area contributed by atoms with Gasteiger partial charge in [0.25, 0.3) is 0 Å². The molecule has 0 bridgehead atoms. The van der Waals surface area contributed by atoms with Gasteiger partial charge in [0.1, 0.15) is 0 Å². The van der Waals surface area contributed by atoms with Gasteiger partial charge in [0.15, 0.2) is 15.0 Å². The Balaban J connectivity index is 1.61. The predicted molar refractivity (Wildman–Crippen MR) is 114 cm³/mol. The first-order chi connectivity index (χ1) is 14.2. The van der Waals surface area contributed by atoms with Crippen LogP contribution in [-0.4, -0.2) is 48.7 Å². The molecule has 2 amide bonds. The highest BCUT2D eigenvalue weighted by molar-refractivity contribution is 7.92. The Morgan fingerprint density at radius 3 is 2.60 bits per heavy atom. The zero-order valence-electron chi connectivity index (χ0n) is 17.2. The molecular weight excluding hydrogens is 426 g/mol. The van der Waals surface area contributed by atoms with Gasteiger partial charge in [-0.2, -0.15) is 0 Å². The fraction of sp³-hybridized carbons (Fsp3) is 0.450. The number of benzene rings is 1. The first kappa shape index (κ1) is 22.2. The van der Waals surface area contributed by atoms with E-state index < -0.39 is 15.1 Å². The molecule has 8 nitrogen and oxygen atoms in total. The lowest BCUT2D eigenvalue weighted by Crippen LogP contribution is -2.35. The number of carbonyl (C=O) groups is 2. The zero-order chi connectivity index (χ0) is 21.9. The lowest BCUT2D eigenvalue weighted by Gasteiger charge is -2.24. The smallest absolute Gasteiger partial charge is 0.410 e. The number of ether oxygens (including phenoxy) is 1. The Morgan fingerprint density at radius 2 is 1.97 bits per heavy atom. The van der Waals surface area contributed by atoms with Crippen molar-refractivity contribution in [2.75, 3.05) is 18.5 Å². The summed E-state index contributed by atoms with van der Waals surface area (Å²) in [7, 11) is -3.33. The number of aromatic nitrogens is 1. The Kier molecular flexibility index (Phi) is 6.77. The Labute approximate surface area is 180 Å². The standard InChI is InChI=1S/C20H25N3O5S2/c1-4-28-20(25)23-10-9-16-17(12-23)29-19(21-16)22-18(24)11-14-5-7-15(8-6-14)30(26,27)13(2)3/h5-8,13H,4,9-12H2,1-3H3,(H,21,22,24). The van der Waals surface area contributed by atoms with E-state index in [0.29, 0.717) is 36.8 Å². The molecule has 0 atom stereocenters. The Hall–Kier alpha value is -2.46. The molecule has 10 heteroatoms. The van der Waals surface area contributed by atoms with Crippen LogP contribution in [0.25, 0.3) is 0 Å². The minimum absolute atomic E-state index is 0.112. The number of anilines is 1. The quantitative estimate of drug-likeness (QED) is 0.724. The molecular formula is C20H25N3O5S2. The first-order valence-electron chi connectivity index (χ1n) is 9.73. The largest absolute Gasteiger partial charge is 0.450 e. The maximum absolute atomic E-state index is 12.4. The van der Waals surface area contributed by atoms with Crippen LogP contribution in [0.15, 0.2) is 29.2 Å². The zero-order valence-corrected chi connectivity index (χ0v) is 18.8. The number of hydrogen-bond acceptors (Lipinski definition) is 7. The minimum Gasteiger partial charge on any atom is -0.450 e. The van der Waals surface area contributed by atoms with E-state index in [1.165, 1.54) is 23.5 Å². The summed E-state index contributed by atoms with van der Waals surface area (Å²) in [5.41, 5.74) is 1.60. The van der Waals surface area contributed by atoms with Gasteiger partial charge in [-0.15, -0.1) is 0 Å². The number of hydrogen-bond donors (Lipinski definition) is 1. The molecule has 1 aromatic heterocycles. The second kappa shape index (κ2) is 9.13. The molecule has 0 radical (unpaired) electrons. The van der Waals surface area contributed by atoms with Crippen molar-refractivity contribution in [2.24, 2.45) is 0 Å². The highest BCUT2D eigenvalue weighted by Gasteiger charge is 2.25. The average Bonchev–Trinajstić information content (AvgIpc) is 3.09. The SMILES string of the molecule is CCOC(=O)N1CCc2nc(NC(=O)Cc3ccc(S(=O)(=O)C(C)C)cc3)sc2C1. The van der Waals surface area contributed by atoms with E-state index in [2.05, 4.69) is 10.3 Å². The van der Waals surface area contributed by atoms with E-state index in [1.54, 1.807) is 37.8 Å². The first-order valence-corrected chi connectivity index (χ1v) is 12.1. The van der Waals surface area contributed by atoms with Gasteiger partial charge in [-0.05, 0) is 38.5 Å². The van der Waals surface area contributed by atoms with Crippen molar-refractivity contribution in [3.63, 3.8) is 0 Å². The normalized spacial score (nSPS) is 13.8. The second-order valence-electron chi connectivity index (χ2n) is 7.22. The van der Waals surface area contributed by atoms with Gasteiger partial charge in [0, 0.05) is 17.8 Å². The molecule has 1 N–H and O–H groups in total. The van der Waals surface area contributed by atoms with Gasteiger partial charge in [0.05, 0.1) is 35.4 Å². The van der Waals surface area contributed by atoms with Crippen molar-refractivity contribution in [1.29, 1.82) is 0 Å². The third-order valence-electron chi connectivity index (χ3n) is 4.74. The molecule has 0 saturated carbocycles. The molecule has 1 aliphatic heterocycles. The third kappa shape index (κ3) is 4.99. The maximum Gasteiger partial charge on any atom is 0.410 e. The average molecular weight is 452 g/mol. The summed E-state index contributed by atoms with van der Waals surface area (Å²) < 4.78 is 29.4. The van der Waals surface area contributed by atoms with Gasteiger partial charge >= 0.3 is 6.09 Å². The van der Waals surface area contributed by atoms with E-state index in [4.69, 9.17) is 4.74 Å². The number of sulfone groups is 1. The minimum atomic E-state index is -3.33. The highest BCUT2D eigenvalue weighted by Crippen LogP contribution is 2.28. The van der Waals surface area contributed by atoms with E-state index in [9.17, 15) is 18.0 Å². The van der Waals surface area contributed by atoms with E-state index in [0.717, 1.165) is 10.6 Å². The molecule has 1 aromatic carbocycles. The molecule has 2 heterocycles. The van der Waals surface area contributed by atoms with Gasteiger partial charge < -0.3 is 15.0 Å². The number of nitrogens with zero attached hydrogens (tertiary/aromatic N) is 2. The van der Waals surface area contributed by atoms with E-state index in [1.807, 2.05) is 0 Å². The third-order valence-corrected chi connectivity index (χ3v) is 7.91. The van der Waals surface area contributed by atoms with Crippen LogP contribution in [0.3, 0.4) is 0 Å². The monoisotopic (exact) mass is 451 g/mol. The molecule has 30 heavy (non-hydrogen) atoms. The van der Waals surface area contributed by atoms with Crippen LogP contribution in [0.5, 0.6) is 0 Å². The van der Waals surface area contributed by atoms with E-state index in [-0.39, 0.29) is 23.3 Å². The summed E-state index contributed by atoms with van der Waals surface area (Å²) in [6.45, 7) is 6.33. The van der Waals surface area contributed by atoms with Crippen molar-refractivity contribution < 1.29 is 22.7 Å². The molecule has 3 rings (SSSR count). The summed E-state index contributed by atoms with van der Waals surface area (Å²) in [4.78, 5) is 31.6. The van der Waals surface area contributed by atoms with Crippen LogP contribution in [0.2, 0.25) is 0 Å². The van der Waals surface area contributed by atoms with Crippen molar-refractivity contribution in [2.45, 2.75) is 50.3 Å². The lowest BCUT2D eigenvalue weighted by molar-refractivity contribution is -0.115. The van der Waals surface area contributed by atoms with Crippen LogP contribution in [-0.2, 0) is 38.8 Å². The number of thiazole rings is 1. The highest BCUT2D eigenvalue weighted by atomic mass is 32.2. The molecule has 2 aromatic rings. The van der Waals surface area contributed by atoms with Crippen LogP contribution in [0.1, 0.15) is 36.9 Å².